The average Bonchev–Trinajstić information content (AvgIpc) is 3.51. The Morgan fingerprint density at radius 3 is 2.10 bits per heavy atom. The molecular formula is C21H27N7O3. The molecule has 2 aromatic rings. The number of benzene rings is 1. The lowest BCUT2D eigenvalue weighted by Crippen LogP contribution is -2.54. The zero-order valence-corrected chi connectivity index (χ0v) is 17.5. The van der Waals surface area contributed by atoms with Gasteiger partial charge in [0.05, 0.1) is 6.54 Å². The van der Waals surface area contributed by atoms with Crippen LogP contribution in [0.1, 0.15) is 25.7 Å². The highest BCUT2D eigenvalue weighted by atomic mass is 16.2. The van der Waals surface area contributed by atoms with Crippen LogP contribution in [0.15, 0.2) is 30.3 Å². The van der Waals surface area contributed by atoms with Gasteiger partial charge in [0, 0.05) is 51.3 Å². The molecule has 4 rings (SSSR count). The summed E-state index contributed by atoms with van der Waals surface area (Å²) in [6.45, 7) is 3.54. The van der Waals surface area contributed by atoms with Gasteiger partial charge in [-0.15, -0.1) is 10.2 Å². The molecule has 0 N–H and O–H groups in total. The average molecular weight is 425 g/mol. The molecule has 1 aromatic heterocycles. The molecule has 2 aliphatic rings. The molecule has 0 unspecified atom stereocenters. The van der Waals surface area contributed by atoms with E-state index in [1.807, 2.05) is 30.3 Å². The normalized spacial score (nSPS) is 16.6. The first-order valence-electron chi connectivity index (χ1n) is 10.8. The molecule has 0 spiro atoms. The molecule has 1 aromatic carbocycles. The Morgan fingerprint density at radius 2 is 1.42 bits per heavy atom. The lowest BCUT2D eigenvalue weighted by molar-refractivity contribution is -0.153. The summed E-state index contributed by atoms with van der Waals surface area (Å²) in [4.78, 5) is 43.6. The summed E-state index contributed by atoms with van der Waals surface area (Å²) in [7, 11) is 0. The van der Waals surface area contributed by atoms with E-state index in [4.69, 9.17) is 0 Å². The topological polar surface area (TPSA) is 105 Å². The number of tetrazole rings is 1. The number of carbonyl (C=O) groups is 3. The van der Waals surface area contributed by atoms with Crippen LogP contribution >= 0.6 is 0 Å². The first-order chi connectivity index (χ1) is 15.1. The maximum atomic E-state index is 12.5. The van der Waals surface area contributed by atoms with Crippen molar-refractivity contribution in [2.75, 3.05) is 39.3 Å². The van der Waals surface area contributed by atoms with E-state index in [-0.39, 0.29) is 5.91 Å². The molecule has 10 nitrogen and oxygen atoms in total. The highest BCUT2D eigenvalue weighted by Gasteiger charge is 2.31. The first-order valence-corrected chi connectivity index (χ1v) is 10.8. The summed E-state index contributed by atoms with van der Waals surface area (Å²) in [5, 5.41) is 12.5. The molecule has 2 aliphatic heterocycles. The Bertz CT molecular complexity index is 916. The molecular weight excluding hydrogens is 398 g/mol. The third kappa shape index (κ3) is 5.07. The van der Waals surface area contributed by atoms with E-state index >= 15 is 0 Å². The minimum Gasteiger partial charge on any atom is -0.339 e. The number of amides is 3. The molecule has 2 fully saturated rings. The van der Waals surface area contributed by atoms with Gasteiger partial charge in [-0.2, -0.15) is 4.80 Å². The van der Waals surface area contributed by atoms with Crippen molar-refractivity contribution in [3.8, 4) is 11.4 Å². The number of likely N-dealkylation sites (tertiary alicyclic amines) is 1. The maximum absolute atomic E-state index is 12.5. The number of hydrogen-bond donors (Lipinski definition) is 0. The number of hydrogen-bond acceptors (Lipinski definition) is 6. The number of carbonyl (C=O) groups excluding carboxylic acids is 3. The van der Waals surface area contributed by atoms with Gasteiger partial charge in [-0.3, -0.25) is 14.4 Å². The summed E-state index contributed by atoms with van der Waals surface area (Å²) in [6.07, 6.45) is 2.90. The second-order valence-corrected chi connectivity index (χ2v) is 7.85. The molecule has 0 atom stereocenters. The molecule has 10 heteroatoms. The van der Waals surface area contributed by atoms with Crippen LogP contribution in [0.4, 0.5) is 0 Å². The monoisotopic (exact) mass is 425 g/mol. The molecule has 164 valence electrons. The predicted octanol–water partition coefficient (Wildman–Crippen LogP) is 0.414. The van der Waals surface area contributed by atoms with Crippen LogP contribution in [0.25, 0.3) is 11.4 Å². The molecule has 0 aliphatic carbocycles. The Kier molecular flexibility index (Phi) is 6.54. The van der Waals surface area contributed by atoms with Gasteiger partial charge in [0.1, 0.15) is 0 Å². The van der Waals surface area contributed by atoms with Crippen LogP contribution in [-0.2, 0) is 20.9 Å². The molecule has 31 heavy (non-hydrogen) atoms. The number of nitrogens with zero attached hydrogens (tertiary/aromatic N) is 7. The third-order valence-electron chi connectivity index (χ3n) is 5.73. The maximum Gasteiger partial charge on any atom is 0.312 e. The molecule has 0 radical (unpaired) electrons. The first kappa shape index (κ1) is 21.0. The lowest BCUT2D eigenvalue weighted by atomic mass is 10.2. The van der Waals surface area contributed by atoms with Gasteiger partial charge < -0.3 is 14.7 Å². The van der Waals surface area contributed by atoms with Crippen LogP contribution < -0.4 is 0 Å². The van der Waals surface area contributed by atoms with E-state index in [1.54, 1.807) is 14.7 Å². The summed E-state index contributed by atoms with van der Waals surface area (Å²) < 4.78 is 0. The fourth-order valence-electron chi connectivity index (χ4n) is 3.92. The van der Waals surface area contributed by atoms with E-state index in [9.17, 15) is 14.4 Å². The van der Waals surface area contributed by atoms with Gasteiger partial charge in [0.25, 0.3) is 0 Å². The minimum absolute atomic E-state index is 0.0429. The van der Waals surface area contributed by atoms with E-state index in [0.29, 0.717) is 64.5 Å². The van der Waals surface area contributed by atoms with Crippen LogP contribution in [-0.4, -0.2) is 91.9 Å². The van der Waals surface area contributed by atoms with Crippen LogP contribution in [0, 0.1) is 0 Å². The van der Waals surface area contributed by atoms with E-state index in [2.05, 4.69) is 15.4 Å². The Morgan fingerprint density at radius 1 is 0.806 bits per heavy atom. The summed E-state index contributed by atoms with van der Waals surface area (Å²) in [6, 6.07) is 9.62. The summed E-state index contributed by atoms with van der Waals surface area (Å²) >= 11 is 0. The highest BCUT2D eigenvalue weighted by Crippen LogP contribution is 2.13. The number of piperazine rings is 1. The van der Waals surface area contributed by atoms with Crippen molar-refractivity contribution in [2.45, 2.75) is 32.2 Å². The molecule has 0 bridgehead atoms. The van der Waals surface area contributed by atoms with Crippen molar-refractivity contribution < 1.29 is 14.4 Å². The zero-order valence-electron chi connectivity index (χ0n) is 17.5. The van der Waals surface area contributed by atoms with Crippen molar-refractivity contribution in [1.29, 1.82) is 0 Å². The highest BCUT2D eigenvalue weighted by molar-refractivity contribution is 6.35. The Balaban J connectivity index is 1.19. The largest absolute Gasteiger partial charge is 0.339 e. The summed E-state index contributed by atoms with van der Waals surface area (Å²) in [5.74, 6) is -0.245. The van der Waals surface area contributed by atoms with Gasteiger partial charge in [0.2, 0.25) is 11.7 Å². The molecule has 0 saturated carbocycles. The van der Waals surface area contributed by atoms with Gasteiger partial charge in [0.15, 0.2) is 0 Å². The van der Waals surface area contributed by atoms with Crippen molar-refractivity contribution in [1.82, 2.24) is 34.9 Å². The summed E-state index contributed by atoms with van der Waals surface area (Å²) in [5.41, 5.74) is 0.903. The number of aromatic nitrogens is 4. The minimum atomic E-state index is -0.444. The fraction of sp³-hybridized carbons (Fsp3) is 0.524. The number of aryl methyl sites for hydroxylation is 1. The SMILES string of the molecule is O=C(CCCn1nnc(-c2ccccc2)n1)N1CCN(C(=O)C(=O)N2CCCC2)CC1. The molecule has 3 amide bonds. The Labute approximate surface area is 180 Å². The smallest absolute Gasteiger partial charge is 0.312 e. The lowest BCUT2D eigenvalue weighted by Gasteiger charge is -2.35. The third-order valence-corrected chi connectivity index (χ3v) is 5.73. The van der Waals surface area contributed by atoms with Crippen molar-refractivity contribution >= 4 is 17.7 Å². The standard InChI is InChI=1S/C21H27N7O3/c29-18(9-6-12-28-23-19(22-24-28)17-7-2-1-3-8-17)25-13-15-27(16-14-25)21(31)20(30)26-10-4-5-11-26/h1-3,7-8H,4-6,9-16H2. The van der Waals surface area contributed by atoms with Crippen LogP contribution in [0.2, 0.25) is 0 Å². The second kappa shape index (κ2) is 9.67. The molecule has 3 heterocycles. The van der Waals surface area contributed by atoms with Crippen molar-refractivity contribution in [3.63, 3.8) is 0 Å². The predicted molar refractivity (Wildman–Crippen MR) is 111 cm³/mol. The zero-order chi connectivity index (χ0) is 21.6. The fourth-order valence-corrected chi connectivity index (χ4v) is 3.92. The van der Waals surface area contributed by atoms with Gasteiger partial charge in [-0.25, -0.2) is 0 Å². The second-order valence-electron chi connectivity index (χ2n) is 7.85. The molecule has 2 saturated heterocycles. The van der Waals surface area contributed by atoms with Crippen molar-refractivity contribution in [2.24, 2.45) is 0 Å². The van der Waals surface area contributed by atoms with Crippen LogP contribution in [0.3, 0.4) is 0 Å². The number of rotatable bonds is 5. The van der Waals surface area contributed by atoms with Gasteiger partial charge in [-0.05, 0) is 24.5 Å². The van der Waals surface area contributed by atoms with Gasteiger partial charge in [-0.1, -0.05) is 30.3 Å². The van der Waals surface area contributed by atoms with Gasteiger partial charge >= 0.3 is 11.8 Å². The van der Waals surface area contributed by atoms with E-state index < -0.39 is 11.8 Å². The Hall–Kier alpha value is -3.30. The van der Waals surface area contributed by atoms with Crippen LogP contribution in [0.5, 0.6) is 0 Å². The van der Waals surface area contributed by atoms with E-state index in [0.717, 1.165) is 18.4 Å². The van der Waals surface area contributed by atoms with E-state index in [1.165, 1.54) is 4.80 Å². The van der Waals surface area contributed by atoms with Crippen molar-refractivity contribution in [3.05, 3.63) is 30.3 Å². The quantitative estimate of drug-likeness (QED) is 0.643.